The van der Waals surface area contributed by atoms with Gasteiger partial charge in [-0.3, -0.25) is 0 Å². The van der Waals surface area contributed by atoms with E-state index in [-0.39, 0.29) is 5.41 Å². The summed E-state index contributed by atoms with van der Waals surface area (Å²) in [6.07, 6.45) is 0. The Balaban J connectivity index is 1.02. The van der Waals surface area contributed by atoms with E-state index in [1.54, 1.807) is 0 Å². The number of hydrogen-bond donors (Lipinski definition) is 0. The first kappa shape index (κ1) is 32.4. The summed E-state index contributed by atoms with van der Waals surface area (Å²) >= 11 is 0. The molecule has 0 amide bonds. The zero-order valence-electron chi connectivity index (χ0n) is 32.2. The second-order valence-electron chi connectivity index (χ2n) is 16.0. The molecule has 2 heteroatoms. The molecule has 0 atom stereocenters. The summed E-state index contributed by atoms with van der Waals surface area (Å²) in [5, 5.41) is 3.70. The van der Waals surface area contributed by atoms with Crippen LogP contribution in [0, 0.1) is 0 Å². The van der Waals surface area contributed by atoms with E-state index in [0.717, 1.165) is 11.4 Å². The molecule has 2 nitrogen and oxygen atoms in total. The fourth-order valence-corrected chi connectivity index (χ4v) is 10.8. The molecule has 59 heavy (non-hydrogen) atoms. The third-order valence-electron chi connectivity index (χ3n) is 13.1. The molecule has 13 rings (SSSR count). The number of para-hydroxylation sites is 2. The summed E-state index contributed by atoms with van der Waals surface area (Å²) in [7, 11) is 0. The SMILES string of the molecule is c1ccc(-c2cc3ccc4c5ccccc5n(-c5ccc(-c6ccc7c(c6)C6(c8ccccc8-c8ccccc86)c6ccccc6-7)cc5)c4c3n2-c2ccccc2)cc1. The summed E-state index contributed by atoms with van der Waals surface area (Å²) in [5.74, 6) is 0. The van der Waals surface area contributed by atoms with Gasteiger partial charge < -0.3 is 9.13 Å². The zero-order valence-corrected chi connectivity index (χ0v) is 32.2. The van der Waals surface area contributed by atoms with Crippen molar-refractivity contribution in [2.24, 2.45) is 0 Å². The molecule has 0 unspecified atom stereocenters. The molecule has 0 saturated carbocycles. The zero-order chi connectivity index (χ0) is 38.7. The topological polar surface area (TPSA) is 9.86 Å². The molecule has 2 heterocycles. The fourth-order valence-electron chi connectivity index (χ4n) is 10.8. The Morgan fingerprint density at radius 2 is 0.847 bits per heavy atom. The first-order chi connectivity index (χ1) is 29.3. The van der Waals surface area contributed by atoms with Crippen LogP contribution in [-0.2, 0) is 5.41 Å². The monoisotopic (exact) mass is 748 g/mol. The molecule has 2 aliphatic carbocycles. The van der Waals surface area contributed by atoms with Crippen LogP contribution in [0.3, 0.4) is 0 Å². The molecule has 11 aromatic rings. The Kier molecular flexibility index (Phi) is 6.68. The largest absolute Gasteiger partial charge is 0.307 e. The summed E-state index contributed by atoms with van der Waals surface area (Å²) in [6, 6.07) is 80.9. The van der Waals surface area contributed by atoms with Crippen LogP contribution in [0.4, 0.5) is 0 Å². The van der Waals surface area contributed by atoms with E-state index >= 15 is 0 Å². The van der Waals surface area contributed by atoms with Gasteiger partial charge in [0.05, 0.1) is 27.7 Å². The normalized spacial score (nSPS) is 13.2. The highest BCUT2D eigenvalue weighted by Gasteiger charge is 2.51. The van der Waals surface area contributed by atoms with E-state index in [1.807, 2.05) is 0 Å². The van der Waals surface area contributed by atoms with Gasteiger partial charge in [0.2, 0.25) is 0 Å². The van der Waals surface area contributed by atoms with Gasteiger partial charge in [0.1, 0.15) is 0 Å². The number of aromatic nitrogens is 2. The van der Waals surface area contributed by atoms with Gasteiger partial charge >= 0.3 is 0 Å². The van der Waals surface area contributed by atoms with Gasteiger partial charge in [-0.1, -0.05) is 176 Å². The van der Waals surface area contributed by atoms with Crippen molar-refractivity contribution in [2.45, 2.75) is 5.41 Å². The van der Waals surface area contributed by atoms with Crippen LogP contribution >= 0.6 is 0 Å². The highest BCUT2D eigenvalue weighted by molar-refractivity contribution is 6.19. The van der Waals surface area contributed by atoms with E-state index in [9.17, 15) is 0 Å². The van der Waals surface area contributed by atoms with E-state index in [1.165, 1.54) is 99.6 Å². The van der Waals surface area contributed by atoms with E-state index in [4.69, 9.17) is 0 Å². The Hall–Kier alpha value is -7.68. The Morgan fingerprint density at radius 1 is 0.305 bits per heavy atom. The van der Waals surface area contributed by atoms with Crippen LogP contribution in [0.5, 0.6) is 0 Å². The van der Waals surface area contributed by atoms with Crippen molar-refractivity contribution in [3.63, 3.8) is 0 Å². The van der Waals surface area contributed by atoms with Crippen molar-refractivity contribution in [1.82, 2.24) is 9.13 Å². The fraction of sp³-hybridized carbons (Fsp3) is 0.0175. The predicted octanol–water partition coefficient (Wildman–Crippen LogP) is 14.4. The minimum absolute atomic E-state index is 0.365. The maximum absolute atomic E-state index is 2.48. The molecular weight excluding hydrogens is 713 g/mol. The highest BCUT2D eigenvalue weighted by Crippen LogP contribution is 2.63. The molecule has 274 valence electrons. The van der Waals surface area contributed by atoms with Gasteiger partial charge in [0.15, 0.2) is 0 Å². The van der Waals surface area contributed by atoms with Crippen LogP contribution in [0.25, 0.3) is 88.7 Å². The van der Waals surface area contributed by atoms with Crippen LogP contribution in [0.2, 0.25) is 0 Å². The summed E-state index contributed by atoms with van der Waals surface area (Å²) in [5.41, 5.74) is 21.1. The second-order valence-corrected chi connectivity index (χ2v) is 16.0. The lowest BCUT2D eigenvalue weighted by Gasteiger charge is -2.30. The van der Waals surface area contributed by atoms with Crippen molar-refractivity contribution in [3.8, 4) is 56.0 Å². The molecule has 0 fully saturated rings. The predicted molar refractivity (Wildman–Crippen MR) is 245 cm³/mol. The molecule has 9 aromatic carbocycles. The third kappa shape index (κ3) is 4.35. The minimum atomic E-state index is -0.365. The van der Waals surface area contributed by atoms with Crippen LogP contribution in [-0.4, -0.2) is 9.13 Å². The molecule has 1 spiro atoms. The number of nitrogens with zero attached hydrogens (tertiary/aromatic N) is 2. The molecule has 0 radical (unpaired) electrons. The van der Waals surface area contributed by atoms with Gasteiger partial charge in [-0.15, -0.1) is 0 Å². The molecule has 2 aliphatic rings. The van der Waals surface area contributed by atoms with Crippen molar-refractivity contribution in [2.75, 3.05) is 0 Å². The lowest BCUT2D eigenvalue weighted by Crippen LogP contribution is -2.25. The quantitative estimate of drug-likeness (QED) is 0.170. The smallest absolute Gasteiger partial charge is 0.0788 e. The van der Waals surface area contributed by atoms with E-state index < -0.39 is 0 Å². The van der Waals surface area contributed by atoms with Crippen molar-refractivity contribution in [3.05, 3.63) is 241 Å². The highest BCUT2D eigenvalue weighted by atomic mass is 15.0. The average Bonchev–Trinajstić information content (AvgIpc) is 4.04. The first-order valence-electron chi connectivity index (χ1n) is 20.5. The second kappa shape index (κ2) is 12.2. The maximum atomic E-state index is 2.48. The van der Waals surface area contributed by atoms with Gasteiger partial charge in [0, 0.05) is 27.5 Å². The van der Waals surface area contributed by atoms with Gasteiger partial charge in [-0.05, 0) is 104 Å². The number of hydrogen-bond acceptors (Lipinski definition) is 0. The van der Waals surface area contributed by atoms with E-state index in [0.29, 0.717) is 0 Å². The molecular formula is C57H36N2. The Morgan fingerprint density at radius 3 is 1.53 bits per heavy atom. The van der Waals surface area contributed by atoms with Crippen molar-refractivity contribution in [1.29, 1.82) is 0 Å². The number of benzene rings is 9. The molecule has 2 aromatic heterocycles. The molecule has 0 saturated heterocycles. The lowest BCUT2D eigenvalue weighted by molar-refractivity contribution is 0.794. The third-order valence-corrected chi connectivity index (χ3v) is 13.1. The Labute approximate surface area is 342 Å². The van der Waals surface area contributed by atoms with Crippen LogP contribution < -0.4 is 0 Å². The van der Waals surface area contributed by atoms with Gasteiger partial charge in [-0.25, -0.2) is 0 Å². The van der Waals surface area contributed by atoms with Crippen molar-refractivity contribution < 1.29 is 0 Å². The average molecular weight is 749 g/mol. The standard InChI is InChI=1S/C57H36N2/c1-3-15-38(16-4-1)54-36-40-30-34-48-47-22-10-14-26-53(47)58(56(48)55(40)59(54)41-17-5-2-6-18-41)42-31-27-37(28-32-42)39-29-33-46-45-21-9-13-25-51(45)57(52(46)35-39)49-23-11-7-19-43(49)44-20-8-12-24-50(44)57/h1-36H. The number of fused-ring (bicyclic) bond motifs is 15. The summed E-state index contributed by atoms with van der Waals surface area (Å²) in [6.45, 7) is 0. The van der Waals surface area contributed by atoms with Crippen molar-refractivity contribution >= 4 is 32.7 Å². The molecule has 0 bridgehead atoms. The lowest BCUT2D eigenvalue weighted by atomic mass is 9.70. The van der Waals surface area contributed by atoms with Gasteiger partial charge in [-0.2, -0.15) is 0 Å². The summed E-state index contributed by atoms with van der Waals surface area (Å²) < 4.78 is 4.93. The maximum Gasteiger partial charge on any atom is 0.0788 e. The summed E-state index contributed by atoms with van der Waals surface area (Å²) in [4.78, 5) is 0. The van der Waals surface area contributed by atoms with E-state index in [2.05, 4.69) is 228 Å². The van der Waals surface area contributed by atoms with Gasteiger partial charge in [0.25, 0.3) is 0 Å². The minimum Gasteiger partial charge on any atom is -0.307 e. The molecule has 0 N–H and O–H groups in total. The van der Waals surface area contributed by atoms with Crippen LogP contribution in [0.15, 0.2) is 218 Å². The molecule has 0 aliphatic heterocycles. The Bertz CT molecular complexity index is 3410. The first-order valence-corrected chi connectivity index (χ1v) is 20.5. The number of rotatable bonds is 4. The van der Waals surface area contributed by atoms with Crippen LogP contribution in [0.1, 0.15) is 22.3 Å².